The number of hydrogen-bond donors (Lipinski definition) is 2. The van der Waals surface area contributed by atoms with E-state index >= 15 is 0 Å². The van der Waals surface area contributed by atoms with Crippen molar-refractivity contribution in [3.05, 3.63) is 48.7 Å². The van der Waals surface area contributed by atoms with Crippen LogP contribution >= 0.6 is 0 Å². The Kier molecular flexibility index (Phi) is 2.59. The highest BCUT2D eigenvalue weighted by Gasteiger charge is 2.10. The maximum atomic E-state index is 5.42. The standard InChI is InChI=1S/C13H11N5/c14-16-13-10-7-4-8-15-12(10)11(17-18-13)9-5-2-1-3-6-9/h1-8H,14H2,(H,16,18). The first-order valence-corrected chi connectivity index (χ1v) is 5.53. The average molecular weight is 237 g/mol. The molecule has 3 rings (SSSR count). The number of nitrogen functional groups attached to an aromatic ring is 1. The lowest BCUT2D eigenvalue weighted by atomic mass is 10.1. The molecule has 0 aliphatic carbocycles. The molecule has 0 fully saturated rings. The summed E-state index contributed by atoms with van der Waals surface area (Å²) < 4.78 is 0. The number of nitrogens with one attached hydrogen (secondary N) is 1. The first-order chi connectivity index (χ1) is 8.90. The molecule has 2 aromatic heterocycles. The molecule has 18 heavy (non-hydrogen) atoms. The van der Waals surface area contributed by atoms with Crippen LogP contribution in [0, 0.1) is 0 Å². The molecule has 0 aliphatic heterocycles. The summed E-state index contributed by atoms with van der Waals surface area (Å²) >= 11 is 0. The summed E-state index contributed by atoms with van der Waals surface area (Å²) in [5.41, 5.74) is 5.06. The molecule has 3 aromatic rings. The summed E-state index contributed by atoms with van der Waals surface area (Å²) in [6.45, 7) is 0. The topological polar surface area (TPSA) is 76.7 Å². The van der Waals surface area contributed by atoms with Crippen molar-refractivity contribution in [3.8, 4) is 11.3 Å². The molecule has 0 bridgehead atoms. The quantitative estimate of drug-likeness (QED) is 0.526. The summed E-state index contributed by atoms with van der Waals surface area (Å²) in [5.74, 6) is 5.95. The van der Waals surface area contributed by atoms with Gasteiger partial charge in [0.25, 0.3) is 0 Å². The third-order valence-corrected chi connectivity index (χ3v) is 2.72. The summed E-state index contributed by atoms with van der Waals surface area (Å²) in [6.07, 6.45) is 1.73. The molecule has 2 heterocycles. The van der Waals surface area contributed by atoms with Crippen LogP contribution in [0.2, 0.25) is 0 Å². The third-order valence-electron chi connectivity index (χ3n) is 2.72. The number of rotatable bonds is 2. The number of pyridine rings is 1. The van der Waals surface area contributed by atoms with Crippen LogP contribution in [-0.2, 0) is 0 Å². The van der Waals surface area contributed by atoms with E-state index in [0.29, 0.717) is 5.82 Å². The maximum absolute atomic E-state index is 5.42. The molecule has 1 aromatic carbocycles. The first-order valence-electron chi connectivity index (χ1n) is 5.53. The van der Waals surface area contributed by atoms with Gasteiger partial charge < -0.3 is 5.43 Å². The van der Waals surface area contributed by atoms with Crippen molar-refractivity contribution in [2.24, 2.45) is 5.84 Å². The fraction of sp³-hybridized carbons (Fsp3) is 0. The summed E-state index contributed by atoms with van der Waals surface area (Å²) in [5, 5.41) is 9.12. The number of fused-ring (bicyclic) bond motifs is 1. The fourth-order valence-electron chi connectivity index (χ4n) is 1.88. The number of nitrogens with zero attached hydrogens (tertiary/aromatic N) is 3. The van der Waals surface area contributed by atoms with Gasteiger partial charge in [0.2, 0.25) is 0 Å². The van der Waals surface area contributed by atoms with Crippen molar-refractivity contribution < 1.29 is 0 Å². The van der Waals surface area contributed by atoms with E-state index in [9.17, 15) is 0 Å². The van der Waals surface area contributed by atoms with Gasteiger partial charge in [0.05, 0.1) is 0 Å². The Morgan fingerprint density at radius 1 is 0.944 bits per heavy atom. The minimum absolute atomic E-state index is 0.526. The summed E-state index contributed by atoms with van der Waals surface area (Å²) in [6, 6.07) is 13.6. The smallest absolute Gasteiger partial charge is 0.172 e. The van der Waals surface area contributed by atoms with Crippen molar-refractivity contribution in [1.29, 1.82) is 0 Å². The molecule has 0 atom stereocenters. The van der Waals surface area contributed by atoms with Gasteiger partial charge in [0, 0.05) is 17.1 Å². The lowest BCUT2D eigenvalue weighted by Gasteiger charge is -2.07. The van der Waals surface area contributed by atoms with E-state index < -0.39 is 0 Å². The molecule has 0 radical (unpaired) electrons. The van der Waals surface area contributed by atoms with Gasteiger partial charge in [0.1, 0.15) is 11.2 Å². The van der Waals surface area contributed by atoms with E-state index in [1.54, 1.807) is 6.20 Å². The van der Waals surface area contributed by atoms with E-state index in [4.69, 9.17) is 5.84 Å². The van der Waals surface area contributed by atoms with Gasteiger partial charge in [-0.25, -0.2) is 5.84 Å². The molecule has 3 N–H and O–H groups in total. The SMILES string of the molecule is NNc1nnc(-c2ccccc2)c2ncccc12. The third kappa shape index (κ3) is 1.66. The Morgan fingerprint density at radius 3 is 2.56 bits per heavy atom. The highest BCUT2D eigenvalue weighted by molar-refractivity contribution is 5.96. The zero-order chi connectivity index (χ0) is 12.4. The van der Waals surface area contributed by atoms with Gasteiger partial charge in [-0.2, -0.15) is 0 Å². The highest BCUT2D eigenvalue weighted by atomic mass is 15.3. The van der Waals surface area contributed by atoms with Gasteiger partial charge in [0.15, 0.2) is 5.82 Å². The number of anilines is 1. The normalized spacial score (nSPS) is 10.5. The predicted octanol–water partition coefficient (Wildman–Crippen LogP) is 1.98. The second kappa shape index (κ2) is 4.38. The number of benzene rings is 1. The van der Waals surface area contributed by atoms with Crippen LogP contribution in [-0.4, -0.2) is 15.2 Å². The van der Waals surface area contributed by atoms with E-state index in [-0.39, 0.29) is 0 Å². The van der Waals surface area contributed by atoms with E-state index in [0.717, 1.165) is 22.2 Å². The molecule has 0 spiro atoms. The van der Waals surface area contributed by atoms with Gasteiger partial charge in [-0.3, -0.25) is 4.98 Å². The Hall–Kier alpha value is -2.53. The van der Waals surface area contributed by atoms with Crippen molar-refractivity contribution in [2.45, 2.75) is 0 Å². The molecule has 0 unspecified atom stereocenters. The van der Waals surface area contributed by atoms with Crippen LogP contribution < -0.4 is 11.3 Å². The van der Waals surface area contributed by atoms with E-state index in [1.165, 1.54) is 0 Å². The maximum Gasteiger partial charge on any atom is 0.172 e. The van der Waals surface area contributed by atoms with Crippen LogP contribution in [0.1, 0.15) is 0 Å². The molecule has 0 aliphatic rings. The monoisotopic (exact) mass is 237 g/mol. The zero-order valence-corrected chi connectivity index (χ0v) is 9.54. The Balaban J connectivity index is 2.32. The lowest BCUT2D eigenvalue weighted by molar-refractivity contribution is 1.04. The minimum atomic E-state index is 0.526. The van der Waals surface area contributed by atoms with E-state index in [2.05, 4.69) is 20.6 Å². The van der Waals surface area contributed by atoms with Crippen LogP contribution in [0.5, 0.6) is 0 Å². The number of hydrazine groups is 1. The Bertz CT molecular complexity index is 681. The van der Waals surface area contributed by atoms with Crippen molar-refractivity contribution in [1.82, 2.24) is 15.2 Å². The minimum Gasteiger partial charge on any atom is -0.306 e. The van der Waals surface area contributed by atoms with Crippen LogP contribution in [0.3, 0.4) is 0 Å². The largest absolute Gasteiger partial charge is 0.306 e. The second-order valence-electron chi connectivity index (χ2n) is 3.81. The lowest BCUT2D eigenvalue weighted by Crippen LogP contribution is -2.10. The van der Waals surface area contributed by atoms with Crippen molar-refractivity contribution >= 4 is 16.7 Å². The molecule has 88 valence electrons. The molecular weight excluding hydrogens is 226 g/mol. The van der Waals surface area contributed by atoms with Gasteiger partial charge >= 0.3 is 0 Å². The average Bonchev–Trinajstić information content (AvgIpc) is 2.47. The molecule has 5 nitrogen and oxygen atoms in total. The summed E-state index contributed by atoms with van der Waals surface area (Å²) in [4.78, 5) is 4.37. The zero-order valence-electron chi connectivity index (χ0n) is 9.54. The van der Waals surface area contributed by atoms with E-state index in [1.807, 2.05) is 42.5 Å². The van der Waals surface area contributed by atoms with Crippen molar-refractivity contribution in [3.63, 3.8) is 0 Å². The van der Waals surface area contributed by atoms with Crippen LogP contribution in [0.25, 0.3) is 22.2 Å². The molecule has 0 saturated carbocycles. The number of hydrogen-bond acceptors (Lipinski definition) is 5. The number of nitrogens with two attached hydrogens (primary N) is 1. The fourth-order valence-corrected chi connectivity index (χ4v) is 1.88. The van der Waals surface area contributed by atoms with Crippen LogP contribution in [0.15, 0.2) is 48.7 Å². The molecule has 0 saturated heterocycles. The number of aromatic nitrogens is 3. The molecule has 0 amide bonds. The summed E-state index contributed by atoms with van der Waals surface area (Å²) in [7, 11) is 0. The van der Waals surface area contributed by atoms with Gasteiger partial charge in [-0.1, -0.05) is 30.3 Å². The first kappa shape index (κ1) is 10.6. The van der Waals surface area contributed by atoms with Crippen molar-refractivity contribution in [2.75, 3.05) is 5.43 Å². The second-order valence-corrected chi connectivity index (χ2v) is 3.81. The highest BCUT2D eigenvalue weighted by Crippen LogP contribution is 2.27. The Labute approximate surface area is 104 Å². The van der Waals surface area contributed by atoms with Gasteiger partial charge in [-0.05, 0) is 12.1 Å². The van der Waals surface area contributed by atoms with Crippen LogP contribution in [0.4, 0.5) is 5.82 Å². The molecular formula is C13H11N5. The molecule has 5 heteroatoms. The Morgan fingerprint density at radius 2 is 1.78 bits per heavy atom. The van der Waals surface area contributed by atoms with Gasteiger partial charge in [-0.15, -0.1) is 10.2 Å². The predicted molar refractivity (Wildman–Crippen MR) is 70.6 cm³/mol.